The Kier molecular flexibility index (Phi) is 6.20. The maximum Gasteiger partial charge on any atom is 0.573 e. The second kappa shape index (κ2) is 8.61. The molecule has 10 heteroatoms. The van der Waals surface area contributed by atoms with Gasteiger partial charge in [-0.2, -0.15) is 5.10 Å². The van der Waals surface area contributed by atoms with Crippen molar-refractivity contribution in [2.45, 2.75) is 19.0 Å². The molecule has 2 heterocycles. The van der Waals surface area contributed by atoms with Gasteiger partial charge in [0.2, 0.25) is 0 Å². The van der Waals surface area contributed by atoms with Gasteiger partial charge in [0.05, 0.1) is 38.1 Å². The molecule has 1 aromatic heterocycles. The number of halogens is 3. The zero-order valence-corrected chi connectivity index (χ0v) is 15.2. The van der Waals surface area contributed by atoms with E-state index in [1.165, 1.54) is 24.4 Å². The summed E-state index contributed by atoms with van der Waals surface area (Å²) in [6.07, 6.45) is -2.18. The number of morpholine rings is 1. The number of aromatic nitrogens is 2. The van der Waals surface area contributed by atoms with Gasteiger partial charge in [-0.25, -0.2) is 0 Å². The van der Waals surface area contributed by atoms with E-state index in [0.29, 0.717) is 30.8 Å². The molecule has 0 radical (unpaired) electrons. The van der Waals surface area contributed by atoms with Gasteiger partial charge in [0.25, 0.3) is 5.91 Å². The van der Waals surface area contributed by atoms with Crippen LogP contribution in [0.2, 0.25) is 0 Å². The highest BCUT2D eigenvalue weighted by molar-refractivity contribution is 5.93. The van der Waals surface area contributed by atoms with E-state index >= 15 is 0 Å². The van der Waals surface area contributed by atoms with E-state index in [1.807, 2.05) is 0 Å². The van der Waals surface area contributed by atoms with Crippen molar-refractivity contribution in [3.05, 3.63) is 47.8 Å². The molecule has 28 heavy (non-hydrogen) atoms. The summed E-state index contributed by atoms with van der Waals surface area (Å²) in [6.45, 7) is 1.89. The van der Waals surface area contributed by atoms with E-state index in [1.54, 1.807) is 29.0 Å². The minimum Gasteiger partial charge on any atom is -0.406 e. The van der Waals surface area contributed by atoms with E-state index in [2.05, 4.69) is 9.84 Å². The average molecular weight is 399 g/mol. The summed E-state index contributed by atoms with van der Waals surface area (Å²) in [5.41, 5.74) is 0.945. The quantitative estimate of drug-likeness (QED) is 0.747. The lowest BCUT2D eigenvalue weighted by atomic mass is 10.1. The van der Waals surface area contributed by atoms with Gasteiger partial charge in [-0.05, 0) is 17.7 Å². The standard InChI is InChI=1S/C18H20F3N3O4/c1-26-7-6-24-11-14(10-22-24)17(25)23-5-8-27-16(12-23)13-3-2-4-15(9-13)28-18(19,20)21/h2-4,9-11,16H,5-8,12H2,1H3. The summed E-state index contributed by atoms with van der Waals surface area (Å²) >= 11 is 0. The van der Waals surface area contributed by atoms with Crippen molar-refractivity contribution >= 4 is 5.91 Å². The number of ether oxygens (including phenoxy) is 3. The molecule has 7 nitrogen and oxygen atoms in total. The molecule has 1 fully saturated rings. The molecule has 3 rings (SSSR count). The van der Waals surface area contributed by atoms with Crippen LogP contribution in [-0.2, 0) is 16.0 Å². The first-order chi connectivity index (χ1) is 13.4. The number of hydrogen-bond acceptors (Lipinski definition) is 5. The lowest BCUT2D eigenvalue weighted by molar-refractivity contribution is -0.274. The van der Waals surface area contributed by atoms with Gasteiger partial charge in [-0.3, -0.25) is 9.48 Å². The van der Waals surface area contributed by atoms with E-state index in [0.717, 1.165) is 0 Å². The normalized spacial score (nSPS) is 17.6. The number of carbonyl (C=O) groups excluding carboxylic acids is 1. The molecule has 0 spiro atoms. The molecular weight excluding hydrogens is 379 g/mol. The Labute approximate surface area is 159 Å². The average Bonchev–Trinajstić information content (AvgIpc) is 3.13. The molecule has 1 saturated heterocycles. The van der Waals surface area contributed by atoms with Crippen molar-refractivity contribution in [1.29, 1.82) is 0 Å². The summed E-state index contributed by atoms with van der Waals surface area (Å²) in [5, 5.41) is 4.13. The predicted molar refractivity (Wildman–Crippen MR) is 91.8 cm³/mol. The smallest absolute Gasteiger partial charge is 0.406 e. The van der Waals surface area contributed by atoms with Crippen LogP contribution in [0.4, 0.5) is 13.2 Å². The van der Waals surface area contributed by atoms with E-state index in [9.17, 15) is 18.0 Å². The molecule has 0 N–H and O–H groups in total. The van der Waals surface area contributed by atoms with Crippen LogP contribution in [0, 0.1) is 0 Å². The first kappa shape index (κ1) is 20.2. The molecule has 1 atom stereocenters. The van der Waals surface area contributed by atoms with Crippen molar-refractivity contribution < 1.29 is 32.2 Å². The van der Waals surface area contributed by atoms with Crippen LogP contribution in [-0.4, -0.2) is 60.4 Å². The molecule has 1 aromatic carbocycles. The Morgan fingerprint density at radius 3 is 2.96 bits per heavy atom. The molecule has 1 amide bonds. The molecular formula is C18H20F3N3O4. The summed E-state index contributed by atoms with van der Waals surface area (Å²) in [7, 11) is 1.58. The molecule has 1 unspecified atom stereocenters. The lowest BCUT2D eigenvalue weighted by Crippen LogP contribution is -2.42. The largest absolute Gasteiger partial charge is 0.573 e. The molecule has 0 saturated carbocycles. The molecule has 2 aromatic rings. The van der Waals surface area contributed by atoms with Crippen molar-refractivity contribution in [3.8, 4) is 5.75 Å². The fourth-order valence-electron chi connectivity index (χ4n) is 2.91. The summed E-state index contributed by atoms with van der Waals surface area (Å²) < 4.78 is 53.5. The van der Waals surface area contributed by atoms with Gasteiger partial charge in [-0.1, -0.05) is 12.1 Å². The van der Waals surface area contributed by atoms with E-state index < -0.39 is 12.5 Å². The zero-order valence-electron chi connectivity index (χ0n) is 15.2. The van der Waals surface area contributed by atoms with Crippen LogP contribution in [0.5, 0.6) is 5.75 Å². The number of hydrogen-bond donors (Lipinski definition) is 0. The van der Waals surface area contributed by atoms with Gasteiger partial charge < -0.3 is 19.1 Å². The lowest BCUT2D eigenvalue weighted by Gasteiger charge is -2.33. The Bertz CT molecular complexity index is 809. The highest BCUT2D eigenvalue weighted by atomic mass is 19.4. The second-order valence-electron chi connectivity index (χ2n) is 6.22. The third kappa shape index (κ3) is 5.23. The van der Waals surface area contributed by atoms with Crippen LogP contribution < -0.4 is 4.74 Å². The fraction of sp³-hybridized carbons (Fsp3) is 0.444. The minimum absolute atomic E-state index is 0.209. The van der Waals surface area contributed by atoms with Gasteiger partial charge in [-0.15, -0.1) is 13.2 Å². The summed E-state index contributed by atoms with van der Waals surface area (Å²) in [6, 6.07) is 5.59. The van der Waals surface area contributed by atoms with Crippen LogP contribution in [0.1, 0.15) is 22.0 Å². The number of rotatable bonds is 6. The second-order valence-corrected chi connectivity index (χ2v) is 6.22. The molecule has 0 bridgehead atoms. The van der Waals surface area contributed by atoms with Crippen LogP contribution >= 0.6 is 0 Å². The number of alkyl halides is 3. The summed E-state index contributed by atoms with van der Waals surface area (Å²) in [4.78, 5) is 14.3. The minimum atomic E-state index is -4.77. The Hall–Kier alpha value is -2.59. The first-order valence-electron chi connectivity index (χ1n) is 8.63. The third-order valence-electron chi connectivity index (χ3n) is 4.22. The number of carbonyl (C=O) groups is 1. The monoisotopic (exact) mass is 399 g/mol. The molecule has 1 aliphatic heterocycles. The van der Waals surface area contributed by atoms with Gasteiger partial charge in [0.15, 0.2) is 0 Å². The van der Waals surface area contributed by atoms with Crippen molar-refractivity contribution in [3.63, 3.8) is 0 Å². The SMILES string of the molecule is COCCn1cc(C(=O)N2CCOC(c3cccc(OC(F)(F)F)c3)C2)cn1. The fourth-order valence-corrected chi connectivity index (χ4v) is 2.91. The van der Waals surface area contributed by atoms with Crippen molar-refractivity contribution in [2.75, 3.05) is 33.4 Å². The van der Waals surface area contributed by atoms with Crippen LogP contribution in [0.15, 0.2) is 36.7 Å². The van der Waals surface area contributed by atoms with E-state index in [4.69, 9.17) is 9.47 Å². The molecule has 0 aliphatic carbocycles. The summed E-state index contributed by atoms with van der Waals surface area (Å²) in [5.74, 6) is -0.531. The van der Waals surface area contributed by atoms with Gasteiger partial charge >= 0.3 is 6.36 Å². The highest BCUT2D eigenvalue weighted by Gasteiger charge is 2.32. The number of methoxy groups -OCH3 is 1. The molecule has 152 valence electrons. The first-order valence-corrected chi connectivity index (χ1v) is 8.63. The number of benzene rings is 1. The third-order valence-corrected chi connectivity index (χ3v) is 4.22. The Balaban J connectivity index is 1.67. The number of amides is 1. The molecule has 1 aliphatic rings. The predicted octanol–water partition coefficient (Wildman–Crippen LogP) is 2.64. The maximum absolute atomic E-state index is 12.7. The van der Waals surface area contributed by atoms with Crippen LogP contribution in [0.25, 0.3) is 0 Å². The van der Waals surface area contributed by atoms with Crippen molar-refractivity contribution in [2.24, 2.45) is 0 Å². The van der Waals surface area contributed by atoms with Gasteiger partial charge in [0.1, 0.15) is 11.9 Å². The maximum atomic E-state index is 12.7. The van der Waals surface area contributed by atoms with Crippen LogP contribution in [0.3, 0.4) is 0 Å². The highest BCUT2D eigenvalue weighted by Crippen LogP contribution is 2.29. The van der Waals surface area contributed by atoms with Gasteiger partial charge in [0, 0.05) is 19.9 Å². The Morgan fingerprint density at radius 1 is 1.39 bits per heavy atom. The zero-order chi connectivity index (χ0) is 20.1. The van der Waals surface area contributed by atoms with E-state index in [-0.39, 0.29) is 24.8 Å². The number of nitrogens with zero attached hydrogens (tertiary/aromatic N) is 3. The van der Waals surface area contributed by atoms with Crippen molar-refractivity contribution in [1.82, 2.24) is 14.7 Å². The topological polar surface area (TPSA) is 65.8 Å². The Morgan fingerprint density at radius 2 is 2.21 bits per heavy atom.